The molecule has 0 aromatic carbocycles. The van der Waals surface area contributed by atoms with Crippen LogP contribution < -0.4 is 10.6 Å². The van der Waals surface area contributed by atoms with Crippen LogP contribution in [0.15, 0.2) is 0 Å². The molecule has 24 heavy (non-hydrogen) atoms. The normalized spacial score (nSPS) is 18.2. The van der Waals surface area contributed by atoms with Gasteiger partial charge in [0.05, 0.1) is 0 Å². The third kappa shape index (κ3) is 7.99. The lowest BCUT2D eigenvalue weighted by atomic mass is 9.93. The van der Waals surface area contributed by atoms with Gasteiger partial charge in [-0.25, -0.2) is 4.79 Å². The molecule has 6 nitrogen and oxygen atoms in total. The summed E-state index contributed by atoms with van der Waals surface area (Å²) in [5, 5.41) is 15.5. The molecule has 0 unspecified atom stereocenters. The maximum absolute atomic E-state index is 11.6. The molecular weight excluding hydrogens is 308 g/mol. The fourth-order valence-electron chi connectivity index (χ4n) is 2.96. The second-order valence-electron chi connectivity index (χ2n) is 8.05. The van der Waals surface area contributed by atoms with Crippen LogP contribution in [-0.2, 0) is 9.53 Å². The van der Waals surface area contributed by atoms with Gasteiger partial charge in [0.15, 0.2) is 0 Å². The molecule has 1 aliphatic carbocycles. The molecule has 1 fully saturated rings. The van der Waals surface area contributed by atoms with Crippen molar-refractivity contribution >= 4 is 12.1 Å². The van der Waals surface area contributed by atoms with Crippen LogP contribution in [0.3, 0.4) is 0 Å². The number of carboxylic acids is 1. The van der Waals surface area contributed by atoms with E-state index in [2.05, 4.69) is 10.6 Å². The van der Waals surface area contributed by atoms with Crippen LogP contribution >= 0.6 is 0 Å². The Morgan fingerprint density at radius 3 is 2.29 bits per heavy atom. The summed E-state index contributed by atoms with van der Waals surface area (Å²) < 4.78 is 5.16. The molecule has 6 heteroatoms. The Labute approximate surface area is 145 Å². The highest BCUT2D eigenvalue weighted by Gasteiger charge is 2.33. The zero-order chi connectivity index (χ0) is 18.2. The van der Waals surface area contributed by atoms with Crippen molar-refractivity contribution in [3.05, 3.63) is 0 Å². The highest BCUT2D eigenvalue weighted by atomic mass is 16.6. The van der Waals surface area contributed by atoms with E-state index in [0.717, 1.165) is 19.4 Å². The molecule has 1 saturated carbocycles. The Hall–Kier alpha value is -1.30. The largest absolute Gasteiger partial charge is 0.480 e. The van der Waals surface area contributed by atoms with Gasteiger partial charge < -0.3 is 20.5 Å². The van der Waals surface area contributed by atoms with E-state index in [0.29, 0.717) is 18.9 Å². The van der Waals surface area contributed by atoms with Gasteiger partial charge in [-0.05, 0) is 72.3 Å². The molecule has 1 rings (SSSR count). The summed E-state index contributed by atoms with van der Waals surface area (Å²) in [6.45, 7) is 8.49. The summed E-state index contributed by atoms with van der Waals surface area (Å²) in [6, 6.07) is 0. The number of aliphatic carboxylic acids is 1. The van der Waals surface area contributed by atoms with Gasteiger partial charge in [0.25, 0.3) is 0 Å². The number of carbonyl (C=O) groups is 2. The van der Waals surface area contributed by atoms with E-state index in [-0.39, 0.29) is 0 Å². The predicted molar refractivity (Wildman–Crippen MR) is 94.1 cm³/mol. The van der Waals surface area contributed by atoms with E-state index in [1.165, 1.54) is 25.7 Å². The summed E-state index contributed by atoms with van der Waals surface area (Å²) in [5.74, 6) is -0.196. The van der Waals surface area contributed by atoms with Gasteiger partial charge in [-0.15, -0.1) is 0 Å². The summed E-state index contributed by atoms with van der Waals surface area (Å²) in [6.07, 6.45) is 6.49. The number of carbonyl (C=O) groups excluding carboxylic acids is 1. The van der Waals surface area contributed by atoms with Crippen molar-refractivity contribution in [2.24, 2.45) is 5.92 Å². The van der Waals surface area contributed by atoms with Crippen molar-refractivity contribution in [2.45, 2.75) is 83.8 Å². The Bertz CT molecular complexity index is 414. The zero-order valence-corrected chi connectivity index (χ0v) is 15.6. The Balaban J connectivity index is 2.25. The quantitative estimate of drug-likeness (QED) is 0.560. The lowest BCUT2D eigenvalue weighted by molar-refractivity contribution is -0.144. The van der Waals surface area contributed by atoms with E-state index < -0.39 is 23.2 Å². The molecule has 0 saturated heterocycles. The number of hydrogen-bond donors (Lipinski definition) is 3. The summed E-state index contributed by atoms with van der Waals surface area (Å²) in [7, 11) is 0. The average Bonchev–Trinajstić information content (AvgIpc) is 2.96. The van der Waals surface area contributed by atoms with E-state index in [1.807, 2.05) is 20.8 Å². The molecule has 3 N–H and O–H groups in total. The number of nitrogens with one attached hydrogen (secondary N) is 2. The molecule has 1 atom stereocenters. The first kappa shape index (κ1) is 20.7. The van der Waals surface area contributed by atoms with E-state index in [9.17, 15) is 14.7 Å². The van der Waals surface area contributed by atoms with Crippen LogP contribution in [0.5, 0.6) is 0 Å². The van der Waals surface area contributed by atoms with Gasteiger partial charge in [0.1, 0.15) is 11.1 Å². The van der Waals surface area contributed by atoms with Crippen molar-refractivity contribution < 1.29 is 19.4 Å². The maximum atomic E-state index is 11.6. The number of amides is 1. The smallest absolute Gasteiger partial charge is 0.407 e. The lowest BCUT2D eigenvalue weighted by Crippen LogP contribution is -2.51. The van der Waals surface area contributed by atoms with Crippen molar-refractivity contribution in [1.82, 2.24) is 10.6 Å². The molecule has 0 aromatic heterocycles. The topological polar surface area (TPSA) is 87.7 Å². The van der Waals surface area contributed by atoms with Crippen molar-refractivity contribution in [3.8, 4) is 0 Å². The number of hydrogen-bond acceptors (Lipinski definition) is 4. The minimum atomic E-state index is -0.894. The SMILES string of the molecule is CC(C)(C)OC(=O)NCCCC[C@@](C)(NCC1CCCC1)C(=O)O. The molecule has 0 bridgehead atoms. The Morgan fingerprint density at radius 2 is 1.75 bits per heavy atom. The lowest BCUT2D eigenvalue weighted by Gasteiger charge is -2.28. The van der Waals surface area contributed by atoms with Crippen LogP contribution in [0.25, 0.3) is 0 Å². The van der Waals surface area contributed by atoms with Crippen LogP contribution in [0, 0.1) is 5.92 Å². The average molecular weight is 342 g/mol. The van der Waals surface area contributed by atoms with Crippen LogP contribution in [-0.4, -0.2) is 41.4 Å². The van der Waals surface area contributed by atoms with E-state index in [1.54, 1.807) is 6.92 Å². The van der Waals surface area contributed by atoms with Gasteiger partial charge in [0.2, 0.25) is 0 Å². The molecule has 140 valence electrons. The van der Waals surface area contributed by atoms with Crippen LogP contribution in [0.1, 0.15) is 72.6 Å². The molecule has 1 aliphatic rings. The molecular formula is C18H34N2O4. The number of rotatable bonds is 9. The van der Waals surface area contributed by atoms with Gasteiger partial charge in [-0.3, -0.25) is 4.79 Å². The minimum absolute atomic E-state index is 0.428. The second kappa shape index (κ2) is 9.25. The van der Waals surface area contributed by atoms with Crippen LogP contribution in [0.2, 0.25) is 0 Å². The highest BCUT2D eigenvalue weighted by molar-refractivity contribution is 5.78. The van der Waals surface area contributed by atoms with Crippen LogP contribution in [0.4, 0.5) is 4.79 Å². The second-order valence-corrected chi connectivity index (χ2v) is 8.05. The monoisotopic (exact) mass is 342 g/mol. The van der Waals surface area contributed by atoms with E-state index >= 15 is 0 Å². The van der Waals surface area contributed by atoms with Crippen molar-refractivity contribution in [1.29, 1.82) is 0 Å². The van der Waals surface area contributed by atoms with Crippen molar-refractivity contribution in [2.75, 3.05) is 13.1 Å². The number of alkyl carbamates (subject to hydrolysis) is 1. The molecule has 0 heterocycles. The maximum Gasteiger partial charge on any atom is 0.407 e. The van der Waals surface area contributed by atoms with Gasteiger partial charge >= 0.3 is 12.1 Å². The Morgan fingerprint density at radius 1 is 1.12 bits per heavy atom. The first-order valence-corrected chi connectivity index (χ1v) is 9.08. The molecule has 0 spiro atoms. The third-order valence-corrected chi connectivity index (χ3v) is 4.50. The summed E-state index contributed by atoms with van der Waals surface area (Å²) in [5.41, 5.74) is -1.40. The summed E-state index contributed by atoms with van der Waals surface area (Å²) in [4.78, 5) is 23.1. The minimum Gasteiger partial charge on any atom is -0.480 e. The zero-order valence-electron chi connectivity index (χ0n) is 15.6. The molecule has 0 radical (unpaired) electrons. The fourth-order valence-corrected chi connectivity index (χ4v) is 2.96. The fraction of sp³-hybridized carbons (Fsp3) is 0.889. The number of unbranched alkanes of at least 4 members (excludes halogenated alkanes) is 1. The van der Waals surface area contributed by atoms with Gasteiger partial charge in [-0.1, -0.05) is 12.8 Å². The highest BCUT2D eigenvalue weighted by Crippen LogP contribution is 2.25. The summed E-state index contributed by atoms with van der Waals surface area (Å²) >= 11 is 0. The first-order chi connectivity index (χ1) is 11.1. The predicted octanol–water partition coefficient (Wildman–Crippen LogP) is 3.30. The van der Waals surface area contributed by atoms with Gasteiger partial charge in [0, 0.05) is 6.54 Å². The third-order valence-electron chi connectivity index (χ3n) is 4.50. The first-order valence-electron chi connectivity index (χ1n) is 9.08. The standard InChI is InChI=1S/C18H34N2O4/c1-17(2,3)24-16(23)19-12-8-7-11-18(4,15(21)22)20-13-14-9-5-6-10-14/h14,20H,5-13H2,1-4H3,(H,19,23)(H,21,22)/t18-/m1/s1. The molecule has 0 aromatic rings. The van der Waals surface area contributed by atoms with Gasteiger partial charge in [-0.2, -0.15) is 0 Å². The molecule has 1 amide bonds. The Kier molecular flexibility index (Phi) is 8.00. The van der Waals surface area contributed by atoms with Crippen molar-refractivity contribution in [3.63, 3.8) is 0 Å². The molecule has 0 aliphatic heterocycles. The van der Waals surface area contributed by atoms with E-state index in [4.69, 9.17) is 4.74 Å². The number of ether oxygens (including phenoxy) is 1. The number of carboxylic acid groups (broad SMARTS) is 1.